The van der Waals surface area contributed by atoms with Crippen molar-refractivity contribution in [1.82, 2.24) is 0 Å². The van der Waals surface area contributed by atoms with E-state index in [1.165, 1.54) is 136 Å². The molecule has 278 valence electrons. The van der Waals surface area contributed by atoms with Crippen molar-refractivity contribution >= 4 is 11.9 Å². The molecule has 8 heteroatoms. The van der Waals surface area contributed by atoms with Crippen molar-refractivity contribution in [1.29, 1.82) is 0 Å². The third-order valence-electron chi connectivity index (χ3n) is 9.52. The molecule has 5 atom stereocenters. The summed E-state index contributed by atoms with van der Waals surface area (Å²) in [5.74, 6) is -0.795. The predicted molar refractivity (Wildman–Crippen MR) is 189 cm³/mol. The van der Waals surface area contributed by atoms with Crippen molar-refractivity contribution < 1.29 is 38.7 Å². The Morgan fingerprint density at radius 2 is 0.894 bits per heavy atom. The average Bonchev–Trinajstić information content (AvgIpc) is 3.07. The maximum absolute atomic E-state index is 12.5. The van der Waals surface area contributed by atoms with Crippen molar-refractivity contribution in [2.75, 3.05) is 13.7 Å². The van der Waals surface area contributed by atoms with Crippen molar-refractivity contribution in [2.45, 2.75) is 224 Å². The van der Waals surface area contributed by atoms with Gasteiger partial charge >= 0.3 is 11.9 Å². The van der Waals surface area contributed by atoms with Crippen molar-refractivity contribution in [3.05, 3.63) is 0 Å². The lowest BCUT2D eigenvalue weighted by atomic mass is 9.99. The van der Waals surface area contributed by atoms with Crippen LogP contribution < -0.4 is 0 Å². The van der Waals surface area contributed by atoms with Gasteiger partial charge in [0.15, 0.2) is 12.4 Å². The first-order chi connectivity index (χ1) is 22.9. The van der Waals surface area contributed by atoms with Crippen LogP contribution in [0.3, 0.4) is 0 Å². The smallest absolute Gasteiger partial charge is 0.306 e. The Labute approximate surface area is 288 Å². The third kappa shape index (κ3) is 22.9. The molecular weight excluding hydrogens is 596 g/mol. The van der Waals surface area contributed by atoms with Crippen LogP contribution in [-0.2, 0) is 28.5 Å². The minimum Gasteiger partial charge on any atom is -0.463 e. The van der Waals surface area contributed by atoms with Gasteiger partial charge < -0.3 is 29.2 Å². The lowest BCUT2D eigenvalue weighted by Crippen LogP contribution is -2.60. The van der Waals surface area contributed by atoms with E-state index in [9.17, 15) is 19.8 Å². The molecular formula is C39H74O8. The molecule has 0 unspecified atom stereocenters. The topological polar surface area (TPSA) is 112 Å². The number of ether oxygens (including phenoxy) is 4. The quantitative estimate of drug-likeness (QED) is 0.0538. The van der Waals surface area contributed by atoms with Crippen LogP contribution in [0.2, 0.25) is 0 Å². The molecule has 1 heterocycles. The fourth-order valence-corrected chi connectivity index (χ4v) is 6.39. The molecule has 0 bridgehead atoms. The second kappa shape index (κ2) is 30.8. The number of hydrogen-bond donors (Lipinski definition) is 2. The van der Waals surface area contributed by atoms with Crippen LogP contribution in [0.4, 0.5) is 0 Å². The second-order valence-electron chi connectivity index (χ2n) is 13.9. The number of methoxy groups -OCH3 is 1. The number of aliphatic hydroxyl groups excluding tert-OH is 2. The molecule has 0 amide bonds. The highest BCUT2D eigenvalue weighted by Crippen LogP contribution is 2.25. The Morgan fingerprint density at radius 3 is 1.28 bits per heavy atom. The standard InChI is InChI=1S/C39H74O8/c1-4-6-8-10-12-14-16-18-20-22-24-26-28-30-34(40)45-32-33-36(42)37(43)38(39(44-3)46-33)47-35(41)31-29-27-25-23-21-19-17-15-13-11-9-7-5-2/h33,36-39,42-43H,4-32H2,1-3H3/t33-,36+,37+,38-,39+/m1/s1. The molecule has 2 N–H and O–H groups in total. The summed E-state index contributed by atoms with van der Waals surface area (Å²) in [5.41, 5.74) is 0. The molecule has 1 aliphatic heterocycles. The van der Waals surface area contributed by atoms with Crippen molar-refractivity contribution in [3.63, 3.8) is 0 Å². The molecule has 0 aromatic rings. The zero-order chi connectivity index (χ0) is 34.4. The van der Waals surface area contributed by atoms with Crippen LogP contribution >= 0.6 is 0 Å². The number of unbranched alkanes of at least 4 members (excludes halogenated alkanes) is 24. The second-order valence-corrected chi connectivity index (χ2v) is 13.9. The van der Waals surface area contributed by atoms with Gasteiger partial charge in [0.2, 0.25) is 0 Å². The average molecular weight is 671 g/mol. The van der Waals surface area contributed by atoms with Gasteiger partial charge in [-0.05, 0) is 12.8 Å². The molecule has 0 aromatic heterocycles. The number of esters is 2. The van der Waals surface area contributed by atoms with E-state index in [2.05, 4.69) is 13.8 Å². The summed E-state index contributed by atoms with van der Waals surface area (Å²) in [6.45, 7) is 4.30. The molecule has 47 heavy (non-hydrogen) atoms. The van der Waals surface area contributed by atoms with Crippen molar-refractivity contribution in [3.8, 4) is 0 Å². The minimum absolute atomic E-state index is 0.199. The lowest BCUT2D eigenvalue weighted by Gasteiger charge is -2.41. The van der Waals surface area contributed by atoms with E-state index in [4.69, 9.17) is 18.9 Å². The maximum Gasteiger partial charge on any atom is 0.306 e. The zero-order valence-electron chi connectivity index (χ0n) is 30.7. The van der Waals surface area contributed by atoms with E-state index >= 15 is 0 Å². The summed E-state index contributed by atoms with van der Waals surface area (Å²) in [6.07, 6.45) is 26.6. The molecule has 0 aromatic carbocycles. The van der Waals surface area contributed by atoms with Gasteiger partial charge in [-0.2, -0.15) is 0 Å². The van der Waals surface area contributed by atoms with Crippen LogP contribution in [0.5, 0.6) is 0 Å². The molecule has 1 rings (SSSR count). The summed E-state index contributed by atoms with van der Waals surface area (Å²) in [5, 5.41) is 21.3. The van der Waals surface area contributed by atoms with Gasteiger partial charge in [-0.3, -0.25) is 9.59 Å². The molecule has 8 nitrogen and oxygen atoms in total. The van der Waals surface area contributed by atoms with Crippen LogP contribution in [0.1, 0.15) is 194 Å². The first kappa shape index (κ1) is 43.8. The van der Waals surface area contributed by atoms with E-state index in [1.807, 2.05) is 0 Å². The Hall–Kier alpha value is -1.22. The molecule has 1 saturated heterocycles. The van der Waals surface area contributed by atoms with Crippen LogP contribution in [0.15, 0.2) is 0 Å². The van der Waals surface area contributed by atoms with E-state index in [-0.39, 0.29) is 19.0 Å². The summed E-state index contributed by atoms with van der Waals surface area (Å²) in [7, 11) is 1.39. The number of aliphatic hydroxyl groups is 2. The van der Waals surface area contributed by atoms with Gasteiger partial charge in [0, 0.05) is 20.0 Å². The zero-order valence-corrected chi connectivity index (χ0v) is 30.7. The van der Waals surface area contributed by atoms with E-state index < -0.39 is 36.7 Å². The molecule has 0 radical (unpaired) electrons. The summed E-state index contributed by atoms with van der Waals surface area (Å²) in [6, 6.07) is 0. The predicted octanol–water partition coefficient (Wildman–Crippen LogP) is 9.50. The molecule has 1 aliphatic rings. The van der Waals surface area contributed by atoms with Crippen molar-refractivity contribution in [2.24, 2.45) is 0 Å². The number of carbonyl (C=O) groups is 2. The number of carbonyl (C=O) groups excluding carboxylic acids is 2. The Bertz CT molecular complexity index is 728. The van der Waals surface area contributed by atoms with Crippen LogP contribution in [0.25, 0.3) is 0 Å². The monoisotopic (exact) mass is 671 g/mol. The normalized spacial score (nSPS) is 21.2. The third-order valence-corrected chi connectivity index (χ3v) is 9.52. The molecule has 0 aliphatic carbocycles. The lowest BCUT2D eigenvalue weighted by molar-refractivity contribution is -0.298. The Kier molecular flexibility index (Phi) is 28.7. The summed E-state index contributed by atoms with van der Waals surface area (Å²) < 4.78 is 21.9. The Balaban J connectivity index is 2.12. The van der Waals surface area contributed by atoms with Gasteiger partial charge in [0.25, 0.3) is 0 Å². The summed E-state index contributed by atoms with van der Waals surface area (Å²) in [4.78, 5) is 24.8. The largest absolute Gasteiger partial charge is 0.463 e. The molecule has 0 saturated carbocycles. The molecule has 0 spiro atoms. The SMILES string of the molecule is CCCCCCCCCCCCCCCC(=O)OC[C@H]1O[C@H](OC)[C@H](OC(=O)CCCCCCCCCCCCCCC)[C@@H](O)[C@H]1O. The van der Waals surface area contributed by atoms with Crippen LogP contribution in [-0.4, -0.2) is 66.6 Å². The minimum atomic E-state index is -1.41. The van der Waals surface area contributed by atoms with Crippen LogP contribution in [0, 0.1) is 0 Å². The van der Waals surface area contributed by atoms with Gasteiger partial charge in [-0.1, -0.05) is 168 Å². The van der Waals surface area contributed by atoms with E-state index in [1.54, 1.807) is 0 Å². The highest BCUT2D eigenvalue weighted by molar-refractivity contribution is 5.69. The fraction of sp³-hybridized carbons (Fsp3) is 0.949. The van der Waals surface area contributed by atoms with Gasteiger partial charge in [0.1, 0.15) is 24.9 Å². The van der Waals surface area contributed by atoms with Gasteiger partial charge in [0.05, 0.1) is 0 Å². The van der Waals surface area contributed by atoms with Gasteiger partial charge in [-0.25, -0.2) is 0 Å². The molecule has 1 fully saturated rings. The van der Waals surface area contributed by atoms with E-state index in [0.29, 0.717) is 6.42 Å². The van der Waals surface area contributed by atoms with Gasteiger partial charge in [-0.15, -0.1) is 0 Å². The fourth-order valence-electron chi connectivity index (χ4n) is 6.39. The summed E-state index contributed by atoms with van der Waals surface area (Å²) >= 11 is 0. The highest BCUT2D eigenvalue weighted by Gasteiger charge is 2.47. The highest BCUT2D eigenvalue weighted by atomic mass is 16.7. The number of rotatable bonds is 32. The maximum atomic E-state index is 12.5. The number of hydrogen-bond acceptors (Lipinski definition) is 8. The van der Waals surface area contributed by atoms with E-state index in [0.717, 1.165) is 38.5 Å². The first-order valence-corrected chi connectivity index (χ1v) is 19.8. The first-order valence-electron chi connectivity index (χ1n) is 19.8. The Morgan fingerprint density at radius 1 is 0.532 bits per heavy atom.